The van der Waals surface area contributed by atoms with E-state index < -0.39 is 9.84 Å². The molecule has 1 N–H and O–H groups in total. The SMILES string of the molecule is COCCS(=O)(=O)c1ccc2c(c1)CCCN2. The van der Waals surface area contributed by atoms with Gasteiger partial charge in [-0.3, -0.25) is 0 Å². The van der Waals surface area contributed by atoms with Crippen LogP contribution in [0.4, 0.5) is 5.69 Å². The van der Waals surface area contributed by atoms with E-state index in [1.54, 1.807) is 12.1 Å². The van der Waals surface area contributed by atoms with Crippen molar-refractivity contribution in [2.75, 3.05) is 31.3 Å². The highest BCUT2D eigenvalue weighted by Gasteiger charge is 2.17. The summed E-state index contributed by atoms with van der Waals surface area (Å²) in [5.41, 5.74) is 2.15. The molecule has 1 aromatic carbocycles. The molecular weight excluding hydrogens is 238 g/mol. The van der Waals surface area contributed by atoms with E-state index in [0.717, 1.165) is 30.6 Å². The number of nitrogens with one attached hydrogen (secondary N) is 1. The van der Waals surface area contributed by atoms with Crippen molar-refractivity contribution in [3.8, 4) is 0 Å². The second-order valence-corrected chi connectivity index (χ2v) is 6.27. The lowest BCUT2D eigenvalue weighted by Gasteiger charge is -2.18. The van der Waals surface area contributed by atoms with E-state index in [1.165, 1.54) is 7.11 Å². The van der Waals surface area contributed by atoms with Crippen molar-refractivity contribution in [1.29, 1.82) is 0 Å². The van der Waals surface area contributed by atoms with E-state index in [9.17, 15) is 8.42 Å². The van der Waals surface area contributed by atoms with Crippen molar-refractivity contribution in [1.82, 2.24) is 0 Å². The molecule has 94 valence electrons. The maximum Gasteiger partial charge on any atom is 0.180 e. The second-order valence-electron chi connectivity index (χ2n) is 4.16. The lowest BCUT2D eigenvalue weighted by Crippen LogP contribution is -2.15. The van der Waals surface area contributed by atoms with Crippen molar-refractivity contribution < 1.29 is 13.2 Å². The second kappa shape index (κ2) is 5.06. The summed E-state index contributed by atoms with van der Waals surface area (Å²) in [6, 6.07) is 5.31. The number of anilines is 1. The Morgan fingerprint density at radius 3 is 3.00 bits per heavy atom. The number of rotatable bonds is 4. The number of aryl methyl sites for hydroxylation is 1. The first-order chi connectivity index (χ1) is 8.13. The van der Waals surface area contributed by atoms with Crippen LogP contribution >= 0.6 is 0 Å². The van der Waals surface area contributed by atoms with Crippen molar-refractivity contribution in [3.63, 3.8) is 0 Å². The van der Waals surface area contributed by atoms with E-state index in [0.29, 0.717) is 4.90 Å². The van der Waals surface area contributed by atoms with Crippen LogP contribution in [-0.4, -0.2) is 34.4 Å². The van der Waals surface area contributed by atoms with Gasteiger partial charge in [0.05, 0.1) is 17.3 Å². The topological polar surface area (TPSA) is 55.4 Å². The standard InChI is InChI=1S/C12H17NO3S/c1-16-7-8-17(14,15)11-4-5-12-10(9-11)3-2-6-13-12/h4-5,9,13H,2-3,6-8H2,1H3. The largest absolute Gasteiger partial charge is 0.385 e. The van der Waals surface area contributed by atoms with Crippen molar-refractivity contribution in [3.05, 3.63) is 23.8 Å². The van der Waals surface area contributed by atoms with Crippen LogP contribution in [0.5, 0.6) is 0 Å². The molecule has 1 aliphatic rings. The number of benzene rings is 1. The van der Waals surface area contributed by atoms with Gasteiger partial charge >= 0.3 is 0 Å². The third kappa shape index (κ3) is 2.79. The molecule has 0 amide bonds. The van der Waals surface area contributed by atoms with Gasteiger partial charge in [0.15, 0.2) is 9.84 Å². The Kier molecular flexibility index (Phi) is 3.69. The number of methoxy groups -OCH3 is 1. The fourth-order valence-corrected chi connectivity index (χ4v) is 3.17. The quantitative estimate of drug-likeness (QED) is 0.885. The monoisotopic (exact) mass is 255 g/mol. The minimum atomic E-state index is -3.21. The number of fused-ring (bicyclic) bond motifs is 1. The molecule has 0 unspecified atom stereocenters. The molecule has 17 heavy (non-hydrogen) atoms. The highest BCUT2D eigenvalue weighted by atomic mass is 32.2. The molecule has 0 aliphatic carbocycles. The fourth-order valence-electron chi connectivity index (χ4n) is 1.96. The molecule has 5 heteroatoms. The van der Waals surface area contributed by atoms with Crippen LogP contribution in [0, 0.1) is 0 Å². The van der Waals surface area contributed by atoms with Crippen molar-refractivity contribution in [2.24, 2.45) is 0 Å². The van der Waals surface area contributed by atoms with Crippen LogP contribution in [0.25, 0.3) is 0 Å². The van der Waals surface area contributed by atoms with Gasteiger partial charge in [0.2, 0.25) is 0 Å². The first kappa shape index (κ1) is 12.4. The Balaban J connectivity index is 2.27. The zero-order valence-corrected chi connectivity index (χ0v) is 10.7. The average Bonchev–Trinajstić information content (AvgIpc) is 2.36. The van der Waals surface area contributed by atoms with Crippen LogP contribution in [-0.2, 0) is 21.0 Å². The van der Waals surface area contributed by atoms with E-state index in [4.69, 9.17) is 4.74 Å². The van der Waals surface area contributed by atoms with E-state index >= 15 is 0 Å². The molecule has 0 radical (unpaired) electrons. The van der Waals surface area contributed by atoms with Gasteiger partial charge in [-0.2, -0.15) is 0 Å². The van der Waals surface area contributed by atoms with Gasteiger partial charge in [0, 0.05) is 19.3 Å². The minimum Gasteiger partial charge on any atom is -0.385 e. The summed E-state index contributed by atoms with van der Waals surface area (Å²) < 4.78 is 28.8. The van der Waals surface area contributed by atoms with E-state index in [1.807, 2.05) is 6.07 Å². The zero-order chi connectivity index (χ0) is 12.3. The van der Waals surface area contributed by atoms with Gasteiger partial charge < -0.3 is 10.1 Å². The summed E-state index contributed by atoms with van der Waals surface area (Å²) >= 11 is 0. The highest BCUT2D eigenvalue weighted by molar-refractivity contribution is 7.91. The molecule has 4 nitrogen and oxygen atoms in total. The van der Waals surface area contributed by atoms with Gasteiger partial charge in [-0.05, 0) is 36.6 Å². The number of hydrogen-bond acceptors (Lipinski definition) is 4. The lowest BCUT2D eigenvalue weighted by atomic mass is 10.0. The highest BCUT2D eigenvalue weighted by Crippen LogP contribution is 2.25. The Morgan fingerprint density at radius 1 is 1.41 bits per heavy atom. The smallest absolute Gasteiger partial charge is 0.180 e. The number of ether oxygens (including phenoxy) is 1. The Bertz CT molecular complexity index is 496. The molecule has 1 aromatic rings. The number of sulfone groups is 1. The predicted molar refractivity (Wildman–Crippen MR) is 67.2 cm³/mol. The molecule has 0 bridgehead atoms. The summed E-state index contributed by atoms with van der Waals surface area (Å²) in [4.78, 5) is 0.400. The molecule has 0 fully saturated rings. The maximum absolute atomic E-state index is 12.0. The van der Waals surface area contributed by atoms with Gasteiger partial charge in [-0.15, -0.1) is 0 Å². The van der Waals surface area contributed by atoms with Gasteiger partial charge in [0.25, 0.3) is 0 Å². The third-order valence-electron chi connectivity index (χ3n) is 2.93. The molecular formula is C12H17NO3S. The average molecular weight is 255 g/mol. The van der Waals surface area contributed by atoms with Gasteiger partial charge in [-0.25, -0.2) is 8.42 Å². The number of hydrogen-bond donors (Lipinski definition) is 1. The van der Waals surface area contributed by atoms with Gasteiger partial charge in [0.1, 0.15) is 0 Å². The predicted octanol–water partition coefficient (Wildman–Crippen LogP) is 1.46. The first-order valence-corrected chi connectivity index (χ1v) is 7.37. The lowest BCUT2D eigenvalue weighted by molar-refractivity contribution is 0.217. The Labute approximate surface area is 102 Å². The van der Waals surface area contributed by atoms with Crippen LogP contribution in [0.1, 0.15) is 12.0 Å². The molecule has 2 rings (SSSR count). The van der Waals surface area contributed by atoms with Gasteiger partial charge in [-0.1, -0.05) is 0 Å². The summed E-state index contributed by atoms with van der Waals surface area (Å²) in [6.07, 6.45) is 1.99. The molecule has 0 saturated carbocycles. The molecule has 0 atom stereocenters. The Hall–Kier alpha value is -1.07. The molecule has 1 aliphatic heterocycles. The van der Waals surface area contributed by atoms with Crippen LogP contribution < -0.4 is 5.32 Å². The van der Waals surface area contributed by atoms with Crippen molar-refractivity contribution >= 4 is 15.5 Å². The van der Waals surface area contributed by atoms with Crippen molar-refractivity contribution in [2.45, 2.75) is 17.7 Å². The van der Waals surface area contributed by atoms with E-state index in [2.05, 4.69) is 5.32 Å². The van der Waals surface area contributed by atoms with Crippen LogP contribution in [0.2, 0.25) is 0 Å². The first-order valence-electron chi connectivity index (χ1n) is 5.72. The molecule has 1 heterocycles. The van der Waals surface area contributed by atoms with Crippen LogP contribution in [0.15, 0.2) is 23.1 Å². The maximum atomic E-state index is 12.0. The summed E-state index contributed by atoms with van der Waals surface area (Å²) in [5.74, 6) is 0.0374. The zero-order valence-electron chi connectivity index (χ0n) is 9.90. The summed E-state index contributed by atoms with van der Waals surface area (Å²) in [7, 11) is -1.70. The van der Waals surface area contributed by atoms with E-state index in [-0.39, 0.29) is 12.4 Å². The molecule has 0 aromatic heterocycles. The minimum absolute atomic E-state index is 0.0374. The molecule has 0 saturated heterocycles. The third-order valence-corrected chi connectivity index (χ3v) is 4.61. The normalized spacial score (nSPS) is 15.1. The van der Waals surface area contributed by atoms with Crippen LogP contribution in [0.3, 0.4) is 0 Å². The molecule has 0 spiro atoms. The summed E-state index contributed by atoms with van der Waals surface area (Å²) in [5, 5.41) is 3.26. The Morgan fingerprint density at radius 2 is 2.24 bits per heavy atom. The summed E-state index contributed by atoms with van der Waals surface area (Å²) in [6.45, 7) is 1.19. The fraction of sp³-hybridized carbons (Fsp3) is 0.500.